The number of esters is 3. The van der Waals surface area contributed by atoms with Crippen molar-refractivity contribution in [3.63, 3.8) is 0 Å². The monoisotopic (exact) mass is 1500 g/mol. The average molecular weight is 1500 g/mol. The molecule has 0 heterocycles. The van der Waals surface area contributed by atoms with E-state index in [4.69, 9.17) is 32.3 Å². The molecular formula is C87H140O16P2. The van der Waals surface area contributed by atoms with Gasteiger partial charge >= 0.3 is 33.6 Å². The van der Waals surface area contributed by atoms with Gasteiger partial charge < -0.3 is 34.2 Å². The summed E-state index contributed by atoms with van der Waals surface area (Å²) in [6.07, 6.45) is 102. The highest BCUT2D eigenvalue weighted by Crippen LogP contribution is 2.45. The third kappa shape index (κ3) is 79.3. The third-order valence-corrected chi connectivity index (χ3v) is 17.7. The minimum absolute atomic E-state index is 0.00868. The fourth-order valence-electron chi connectivity index (χ4n) is 9.87. The van der Waals surface area contributed by atoms with Crippen LogP contribution in [0, 0.1) is 0 Å². The summed E-state index contributed by atoms with van der Waals surface area (Å²) in [5.41, 5.74) is 0. The van der Waals surface area contributed by atoms with Crippen LogP contribution >= 0.6 is 15.6 Å². The lowest BCUT2D eigenvalue weighted by Gasteiger charge is -2.21. The molecule has 594 valence electrons. The fraction of sp³-hybridized carbons (Fsp3) is 0.598. The lowest BCUT2D eigenvalue weighted by molar-refractivity contribution is -0.161. The number of aliphatic hydroxyl groups excluding tert-OH is 2. The number of phosphoric ester groups is 2. The van der Waals surface area contributed by atoms with Gasteiger partial charge in [0.2, 0.25) is 0 Å². The number of ether oxygens (including phenoxy) is 3. The first-order valence-corrected chi connectivity index (χ1v) is 42.7. The van der Waals surface area contributed by atoms with Gasteiger partial charge in [-0.05, 0) is 154 Å². The number of unbranched alkanes of at least 4 members (excludes halogenated alkanes) is 18. The van der Waals surface area contributed by atoms with E-state index in [2.05, 4.69) is 203 Å². The van der Waals surface area contributed by atoms with Crippen molar-refractivity contribution < 1.29 is 75.8 Å². The highest BCUT2D eigenvalue weighted by molar-refractivity contribution is 7.47. The van der Waals surface area contributed by atoms with E-state index in [1.54, 1.807) is 0 Å². The molecule has 16 nitrogen and oxygen atoms in total. The molecule has 18 heteroatoms. The summed E-state index contributed by atoms with van der Waals surface area (Å²) >= 11 is 0. The van der Waals surface area contributed by atoms with Crippen LogP contribution in [0.25, 0.3) is 0 Å². The topological polar surface area (TPSA) is 231 Å². The zero-order chi connectivity index (χ0) is 76.6. The van der Waals surface area contributed by atoms with E-state index in [1.165, 1.54) is 77.0 Å². The highest BCUT2D eigenvalue weighted by atomic mass is 31.2. The zero-order valence-corrected chi connectivity index (χ0v) is 66.6. The summed E-state index contributed by atoms with van der Waals surface area (Å²) in [6.45, 7) is 2.20. The van der Waals surface area contributed by atoms with Crippen molar-refractivity contribution in [2.75, 3.05) is 39.6 Å². The molecule has 0 bridgehead atoms. The number of carbonyl (C=O) groups is 3. The maximum absolute atomic E-state index is 12.9. The van der Waals surface area contributed by atoms with Gasteiger partial charge in [-0.15, -0.1) is 0 Å². The molecule has 0 aliphatic carbocycles. The van der Waals surface area contributed by atoms with Crippen LogP contribution < -0.4 is 0 Å². The van der Waals surface area contributed by atoms with Crippen LogP contribution in [0.15, 0.2) is 194 Å². The first-order chi connectivity index (χ1) is 51.2. The molecule has 0 aromatic carbocycles. The molecule has 0 aromatic heterocycles. The molecule has 5 atom stereocenters. The van der Waals surface area contributed by atoms with E-state index in [0.29, 0.717) is 25.7 Å². The molecule has 0 aliphatic heterocycles. The predicted molar refractivity (Wildman–Crippen MR) is 435 cm³/mol. The molecule has 0 fully saturated rings. The van der Waals surface area contributed by atoms with Crippen LogP contribution in [0.1, 0.15) is 278 Å². The number of hydrogen-bond donors (Lipinski definition) is 4. The Kier molecular flexibility index (Phi) is 73.8. The molecule has 105 heavy (non-hydrogen) atoms. The van der Waals surface area contributed by atoms with Gasteiger partial charge in [0.25, 0.3) is 0 Å². The minimum Gasteiger partial charge on any atom is -0.463 e. The van der Waals surface area contributed by atoms with Crippen molar-refractivity contribution >= 4 is 33.6 Å². The van der Waals surface area contributed by atoms with E-state index in [9.17, 15) is 43.5 Å². The smallest absolute Gasteiger partial charge is 0.463 e. The average Bonchev–Trinajstić information content (AvgIpc) is 0.915. The Balaban J connectivity index is 4.61. The molecule has 0 aliphatic rings. The Morgan fingerprint density at radius 1 is 0.267 bits per heavy atom. The number of allylic oxidation sites excluding steroid dienone is 32. The van der Waals surface area contributed by atoms with Crippen molar-refractivity contribution in [3.05, 3.63) is 194 Å². The standard InChI is InChI=1S/C87H140O16P2/c1-4-7-10-13-16-19-22-25-28-31-33-35-36-37-38-39-40-41-42-43-44-46-48-50-52-55-58-61-64-67-70-73-85(90)97-76-82(88)77-99-104(93,94)100-78-83(89)79-101-105(95,96)102-81-84(103-87(92)75-72-69-66-63-60-57-54-49-30-27-24-21-18-15-12-9-6-3)80-98-86(91)74-71-68-65-62-59-56-53-51-47-45-34-32-29-26-23-20-17-14-11-8-5-2/h7-12,16-21,25-30,33-35,37-38,45,51,53-54,57,59,62-63,66,82-84,88-89H,4-6,13-15,22-24,31-32,36,39-44,46-50,52,55-56,58,60-61,64-65,67-81H2,1-3H3,(H,93,94)(H,95,96)/b10-7-,11-8-,12-9-,19-16-,20-17-,21-18-,28-25-,29-26-,30-27-,35-33-,38-37-,45-34-,53-51-,57-54-,62-59-,66-63-. The number of rotatable bonds is 73. The summed E-state index contributed by atoms with van der Waals surface area (Å²) in [7, 11) is -9.84. The van der Waals surface area contributed by atoms with Crippen molar-refractivity contribution in [1.29, 1.82) is 0 Å². The molecule has 0 aromatic rings. The number of carbonyl (C=O) groups excluding carboxylic acids is 3. The van der Waals surface area contributed by atoms with Crippen molar-refractivity contribution in [1.82, 2.24) is 0 Å². The molecule has 0 saturated heterocycles. The summed E-state index contributed by atoms with van der Waals surface area (Å²) < 4.78 is 61.0. The van der Waals surface area contributed by atoms with Gasteiger partial charge in [-0.2, -0.15) is 0 Å². The Labute approximate surface area is 636 Å². The maximum Gasteiger partial charge on any atom is 0.472 e. The normalized spacial score (nSPS) is 15.0. The zero-order valence-electron chi connectivity index (χ0n) is 64.8. The largest absolute Gasteiger partial charge is 0.472 e. The molecule has 0 rings (SSSR count). The minimum atomic E-state index is -4.97. The summed E-state index contributed by atoms with van der Waals surface area (Å²) in [5.74, 6) is -1.71. The van der Waals surface area contributed by atoms with Gasteiger partial charge in [-0.3, -0.25) is 32.5 Å². The Morgan fingerprint density at radius 2 is 0.486 bits per heavy atom. The van der Waals surface area contributed by atoms with Crippen LogP contribution in [0.2, 0.25) is 0 Å². The molecule has 0 spiro atoms. The van der Waals surface area contributed by atoms with Crippen LogP contribution in [0.4, 0.5) is 0 Å². The van der Waals surface area contributed by atoms with E-state index in [1.807, 2.05) is 12.2 Å². The van der Waals surface area contributed by atoms with Gasteiger partial charge in [-0.1, -0.05) is 299 Å². The van der Waals surface area contributed by atoms with Crippen molar-refractivity contribution in [3.8, 4) is 0 Å². The van der Waals surface area contributed by atoms with Crippen LogP contribution in [-0.2, 0) is 55.8 Å². The van der Waals surface area contributed by atoms with Crippen LogP contribution in [-0.4, -0.2) is 95.9 Å². The lowest BCUT2D eigenvalue weighted by atomic mass is 10.0. The first-order valence-electron chi connectivity index (χ1n) is 39.7. The predicted octanol–water partition coefficient (Wildman–Crippen LogP) is 23.5. The summed E-state index contributed by atoms with van der Waals surface area (Å²) in [6, 6.07) is 0. The molecular weight excluding hydrogens is 1360 g/mol. The number of aliphatic hydroxyl groups is 2. The third-order valence-electron chi connectivity index (χ3n) is 15.8. The van der Waals surface area contributed by atoms with Crippen molar-refractivity contribution in [2.24, 2.45) is 0 Å². The second-order valence-corrected chi connectivity index (χ2v) is 28.6. The Morgan fingerprint density at radius 3 is 0.800 bits per heavy atom. The van der Waals surface area contributed by atoms with Crippen LogP contribution in [0.3, 0.4) is 0 Å². The molecule has 5 unspecified atom stereocenters. The summed E-state index contributed by atoms with van der Waals surface area (Å²) in [4.78, 5) is 58.6. The highest BCUT2D eigenvalue weighted by Gasteiger charge is 2.29. The summed E-state index contributed by atoms with van der Waals surface area (Å²) in [5, 5.41) is 20.6. The number of hydrogen-bond acceptors (Lipinski definition) is 14. The molecule has 0 amide bonds. The lowest BCUT2D eigenvalue weighted by Crippen LogP contribution is -2.30. The maximum atomic E-state index is 12.9. The Hall–Kier alpha value is -5.61. The van der Waals surface area contributed by atoms with Gasteiger partial charge in [0.05, 0.1) is 26.4 Å². The van der Waals surface area contributed by atoms with Crippen molar-refractivity contribution in [2.45, 2.75) is 296 Å². The fourth-order valence-corrected chi connectivity index (χ4v) is 11.5. The van der Waals surface area contributed by atoms with E-state index in [-0.39, 0.29) is 19.3 Å². The Bertz CT molecular complexity index is 2690. The van der Waals surface area contributed by atoms with Gasteiger partial charge in [0.15, 0.2) is 6.10 Å². The second-order valence-electron chi connectivity index (χ2n) is 25.7. The van der Waals surface area contributed by atoms with Gasteiger partial charge in [-0.25, -0.2) is 9.13 Å². The van der Waals surface area contributed by atoms with E-state index < -0.39 is 91.5 Å². The van der Waals surface area contributed by atoms with Gasteiger partial charge in [0, 0.05) is 19.3 Å². The van der Waals surface area contributed by atoms with Gasteiger partial charge in [0.1, 0.15) is 25.4 Å². The second kappa shape index (κ2) is 78.0. The molecule has 0 saturated carbocycles. The SMILES string of the molecule is CC/C=C\C/C=C\C/C=C\C/C=C\C/C=C\C/C=C\CCCCC(=O)OCC(COP(=O)(O)OCC(O)COP(=O)(O)OCC(O)COC(=O)CCCCCCCCCCCCCCCCC/C=C\C/C=C\C/C=C\C/C=C\C/C=C\CC)OC(=O)CCC/C=C\C/C=C\C/C=C\C/C=C\C/C=C\CC. The quantitative estimate of drug-likeness (QED) is 0.0146. The van der Waals surface area contributed by atoms with Crippen LogP contribution in [0.5, 0.6) is 0 Å². The first kappa shape index (κ1) is 99.4. The molecule has 0 radical (unpaired) electrons. The van der Waals surface area contributed by atoms with E-state index >= 15 is 0 Å². The number of phosphoric acid groups is 2. The van der Waals surface area contributed by atoms with E-state index in [0.717, 1.165) is 135 Å². The molecule has 4 N–H and O–H groups in total.